The molecule has 0 spiro atoms. The van der Waals surface area contributed by atoms with Crippen molar-refractivity contribution in [1.29, 1.82) is 0 Å². The predicted molar refractivity (Wildman–Crippen MR) is 102 cm³/mol. The number of piperidine rings is 2. The van der Waals surface area contributed by atoms with Crippen LogP contribution in [-0.4, -0.2) is 100 Å². The molecule has 0 aromatic rings. The summed E-state index contributed by atoms with van der Waals surface area (Å²) in [7, 11) is 5.74. The lowest BCUT2D eigenvalue weighted by molar-refractivity contribution is -0.138. The van der Waals surface area contributed by atoms with Crippen molar-refractivity contribution in [2.24, 2.45) is 11.8 Å². The van der Waals surface area contributed by atoms with E-state index < -0.39 is 0 Å². The molecule has 2 aliphatic heterocycles. The number of nitrogens with one attached hydrogen (secondary N) is 1. The molecule has 0 aromatic carbocycles. The maximum absolute atomic E-state index is 12.6. The third kappa shape index (κ3) is 6.85. The number of ether oxygens (including phenoxy) is 1. The SMILES string of the molecule is COCCN1CCC(CNC(=O)[C@@H]2CCC(=O)N(CCN(C)C)C2)CC1. The van der Waals surface area contributed by atoms with Crippen LogP contribution in [0.15, 0.2) is 0 Å². The van der Waals surface area contributed by atoms with Gasteiger partial charge in [-0.05, 0) is 52.4 Å². The summed E-state index contributed by atoms with van der Waals surface area (Å²) in [6, 6.07) is 0. The molecule has 150 valence electrons. The second-order valence-electron chi connectivity index (χ2n) is 7.90. The number of methoxy groups -OCH3 is 1. The van der Waals surface area contributed by atoms with Crippen molar-refractivity contribution >= 4 is 11.8 Å². The summed E-state index contributed by atoms with van der Waals surface area (Å²) in [6.07, 6.45) is 3.42. The van der Waals surface area contributed by atoms with E-state index in [1.165, 1.54) is 0 Å². The van der Waals surface area contributed by atoms with Crippen LogP contribution in [0.25, 0.3) is 0 Å². The molecule has 2 rings (SSSR count). The predicted octanol–water partition coefficient (Wildman–Crippen LogP) is 0.261. The number of carbonyl (C=O) groups is 2. The highest BCUT2D eigenvalue weighted by molar-refractivity contribution is 5.83. The van der Waals surface area contributed by atoms with Crippen molar-refractivity contribution in [3.8, 4) is 0 Å². The molecule has 26 heavy (non-hydrogen) atoms. The molecule has 0 aromatic heterocycles. The number of carbonyl (C=O) groups excluding carboxylic acids is 2. The number of amides is 2. The quantitative estimate of drug-likeness (QED) is 0.633. The number of nitrogens with zero attached hydrogens (tertiary/aromatic N) is 3. The van der Waals surface area contributed by atoms with Crippen LogP contribution in [-0.2, 0) is 14.3 Å². The average molecular weight is 369 g/mol. The van der Waals surface area contributed by atoms with Gasteiger partial charge in [-0.3, -0.25) is 9.59 Å². The van der Waals surface area contributed by atoms with Crippen LogP contribution in [0.2, 0.25) is 0 Å². The zero-order valence-electron chi connectivity index (χ0n) is 16.7. The molecule has 7 nitrogen and oxygen atoms in total. The van der Waals surface area contributed by atoms with Gasteiger partial charge in [0.25, 0.3) is 0 Å². The van der Waals surface area contributed by atoms with Crippen LogP contribution in [0, 0.1) is 11.8 Å². The maximum atomic E-state index is 12.6. The molecule has 1 atom stereocenters. The van der Waals surface area contributed by atoms with Gasteiger partial charge < -0.3 is 24.8 Å². The lowest BCUT2D eigenvalue weighted by atomic mass is 9.94. The van der Waals surface area contributed by atoms with Crippen LogP contribution in [0.4, 0.5) is 0 Å². The first kappa shape index (κ1) is 21.1. The summed E-state index contributed by atoms with van der Waals surface area (Å²) in [5.41, 5.74) is 0. The van der Waals surface area contributed by atoms with Gasteiger partial charge in [0.2, 0.25) is 11.8 Å². The Labute approximate surface area is 158 Å². The first-order chi connectivity index (χ1) is 12.5. The molecule has 2 amide bonds. The van der Waals surface area contributed by atoms with Crippen molar-refractivity contribution in [2.75, 3.05) is 73.6 Å². The van der Waals surface area contributed by atoms with Crippen LogP contribution < -0.4 is 5.32 Å². The highest BCUT2D eigenvalue weighted by atomic mass is 16.5. The zero-order chi connectivity index (χ0) is 18.9. The summed E-state index contributed by atoms with van der Waals surface area (Å²) < 4.78 is 5.13. The number of hydrogen-bond donors (Lipinski definition) is 1. The Morgan fingerprint density at radius 2 is 1.96 bits per heavy atom. The summed E-state index contributed by atoms with van der Waals surface area (Å²) >= 11 is 0. The minimum Gasteiger partial charge on any atom is -0.383 e. The molecule has 0 aliphatic carbocycles. The lowest BCUT2D eigenvalue weighted by Gasteiger charge is -2.34. The van der Waals surface area contributed by atoms with E-state index in [1.54, 1.807) is 7.11 Å². The summed E-state index contributed by atoms with van der Waals surface area (Å²) in [6.45, 7) is 6.81. The van der Waals surface area contributed by atoms with Gasteiger partial charge in [-0.15, -0.1) is 0 Å². The highest BCUT2D eigenvalue weighted by Crippen LogP contribution is 2.19. The Morgan fingerprint density at radius 3 is 2.62 bits per heavy atom. The minimum absolute atomic E-state index is 0.0587. The molecule has 7 heteroatoms. The highest BCUT2D eigenvalue weighted by Gasteiger charge is 2.30. The van der Waals surface area contributed by atoms with E-state index >= 15 is 0 Å². The largest absolute Gasteiger partial charge is 0.383 e. The van der Waals surface area contributed by atoms with E-state index in [0.717, 1.165) is 52.2 Å². The average Bonchev–Trinajstić information content (AvgIpc) is 2.64. The van der Waals surface area contributed by atoms with E-state index in [9.17, 15) is 9.59 Å². The van der Waals surface area contributed by atoms with Crippen LogP contribution in [0.1, 0.15) is 25.7 Å². The van der Waals surface area contributed by atoms with Crippen LogP contribution >= 0.6 is 0 Å². The normalized spacial score (nSPS) is 22.8. The monoisotopic (exact) mass is 368 g/mol. The molecule has 2 saturated heterocycles. The molecule has 2 fully saturated rings. The zero-order valence-corrected chi connectivity index (χ0v) is 16.7. The first-order valence-corrected chi connectivity index (χ1v) is 9.91. The summed E-state index contributed by atoms with van der Waals surface area (Å²) in [5, 5.41) is 3.15. The van der Waals surface area contributed by atoms with Gasteiger partial charge >= 0.3 is 0 Å². The third-order valence-electron chi connectivity index (χ3n) is 5.57. The lowest BCUT2D eigenvalue weighted by Crippen LogP contribution is -2.48. The summed E-state index contributed by atoms with van der Waals surface area (Å²) in [5.74, 6) is 0.804. The molecule has 2 aliphatic rings. The second-order valence-corrected chi connectivity index (χ2v) is 7.90. The van der Waals surface area contributed by atoms with Crippen molar-refractivity contribution in [1.82, 2.24) is 20.0 Å². The number of likely N-dealkylation sites (N-methyl/N-ethyl adjacent to an activating group) is 1. The van der Waals surface area contributed by atoms with Gasteiger partial charge in [0.1, 0.15) is 0 Å². The fourth-order valence-electron chi connectivity index (χ4n) is 3.69. The molecule has 0 unspecified atom stereocenters. The maximum Gasteiger partial charge on any atom is 0.224 e. The van der Waals surface area contributed by atoms with Gasteiger partial charge in [0, 0.05) is 46.3 Å². The van der Waals surface area contributed by atoms with Crippen LogP contribution in [0.5, 0.6) is 0 Å². The summed E-state index contributed by atoms with van der Waals surface area (Å²) in [4.78, 5) is 30.9. The van der Waals surface area contributed by atoms with Gasteiger partial charge in [-0.1, -0.05) is 0 Å². The Hall–Kier alpha value is -1.18. The van der Waals surface area contributed by atoms with Crippen molar-refractivity contribution in [2.45, 2.75) is 25.7 Å². The smallest absolute Gasteiger partial charge is 0.224 e. The van der Waals surface area contributed by atoms with Gasteiger partial charge in [0.15, 0.2) is 0 Å². The number of rotatable bonds is 9. The van der Waals surface area contributed by atoms with Gasteiger partial charge in [-0.25, -0.2) is 0 Å². The molecule has 0 saturated carbocycles. The minimum atomic E-state index is -0.0587. The topological polar surface area (TPSA) is 65.1 Å². The van der Waals surface area contributed by atoms with Gasteiger partial charge in [0.05, 0.1) is 12.5 Å². The van der Waals surface area contributed by atoms with E-state index in [4.69, 9.17) is 4.74 Å². The third-order valence-corrected chi connectivity index (χ3v) is 5.57. The van der Waals surface area contributed by atoms with E-state index in [-0.39, 0.29) is 17.7 Å². The molecule has 0 bridgehead atoms. The number of likely N-dealkylation sites (tertiary alicyclic amines) is 2. The fraction of sp³-hybridized carbons (Fsp3) is 0.895. The Kier molecular flexibility index (Phi) is 8.81. The van der Waals surface area contributed by atoms with Gasteiger partial charge in [-0.2, -0.15) is 0 Å². The molecule has 1 N–H and O–H groups in total. The Balaban J connectivity index is 1.68. The first-order valence-electron chi connectivity index (χ1n) is 9.91. The standard InChI is InChI=1S/C19H36N4O3/c1-21(2)10-11-23-15-17(4-5-18(23)24)19(25)20-14-16-6-8-22(9-7-16)12-13-26-3/h16-17H,4-15H2,1-3H3,(H,20,25)/t17-/m1/s1. The molecular weight excluding hydrogens is 332 g/mol. The van der Waals surface area contributed by atoms with E-state index in [1.807, 2.05) is 19.0 Å². The Morgan fingerprint density at radius 1 is 1.23 bits per heavy atom. The van der Waals surface area contributed by atoms with E-state index in [2.05, 4.69) is 15.1 Å². The van der Waals surface area contributed by atoms with E-state index in [0.29, 0.717) is 31.8 Å². The van der Waals surface area contributed by atoms with Crippen molar-refractivity contribution in [3.63, 3.8) is 0 Å². The second kappa shape index (κ2) is 10.8. The molecule has 2 heterocycles. The van der Waals surface area contributed by atoms with Crippen molar-refractivity contribution in [3.05, 3.63) is 0 Å². The van der Waals surface area contributed by atoms with Crippen molar-refractivity contribution < 1.29 is 14.3 Å². The Bertz CT molecular complexity index is 450. The molecule has 0 radical (unpaired) electrons. The fourth-order valence-corrected chi connectivity index (χ4v) is 3.69. The van der Waals surface area contributed by atoms with Crippen LogP contribution in [0.3, 0.4) is 0 Å². The number of hydrogen-bond acceptors (Lipinski definition) is 5. The molecular formula is C19H36N4O3.